The smallest absolute Gasteiger partial charge is 0.281 e. The first-order valence-electron chi connectivity index (χ1n) is 7.89. The lowest BCUT2D eigenvalue weighted by molar-refractivity contribution is 0.182. The van der Waals surface area contributed by atoms with Gasteiger partial charge in [0.15, 0.2) is 5.69 Å². The van der Waals surface area contributed by atoms with Gasteiger partial charge < -0.3 is 9.84 Å². The second kappa shape index (κ2) is 8.22. The average molecular weight is 340 g/mol. The Balaban J connectivity index is 2.50. The van der Waals surface area contributed by atoms with Gasteiger partial charge in [0.25, 0.3) is 5.56 Å². The van der Waals surface area contributed by atoms with E-state index >= 15 is 0 Å². The summed E-state index contributed by atoms with van der Waals surface area (Å²) in [5.41, 5.74) is 1.60. The number of rotatable bonds is 6. The fourth-order valence-electron chi connectivity index (χ4n) is 2.35. The van der Waals surface area contributed by atoms with Crippen molar-refractivity contribution >= 4 is 11.4 Å². The normalized spacial score (nSPS) is 11.0. The van der Waals surface area contributed by atoms with Crippen LogP contribution in [0, 0.1) is 18.3 Å². The number of aromatic nitrogens is 1. The number of nitriles is 1. The molecule has 0 amide bonds. The highest BCUT2D eigenvalue weighted by atomic mass is 16.5. The van der Waals surface area contributed by atoms with Gasteiger partial charge in [-0.2, -0.15) is 10.4 Å². The minimum atomic E-state index is -0.514. The highest BCUT2D eigenvalue weighted by molar-refractivity contribution is 5.56. The molecule has 1 aromatic carbocycles. The second-order valence-electron chi connectivity index (χ2n) is 5.45. The van der Waals surface area contributed by atoms with E-state index < -0.39 is 5.56 Å². The van der Waals surface area contributed by atoms with Crippen molar-refractivity contribution in [1.29, 1.82) is 5.26 Å². The summed E-state index contributed by atoms with van der Waals surface area (Å²) < 4.78 is 6.02. The molecular weight excluding hydrogens is 320 g/mol. The molecule has 2 rings (SSSR count). The predicted molar refractivity (Wildman–Crippen MR) is 93.7 cm³/mol. The zero-order valence-electron chi connectivity index (χ0n) is 14.5. The first-order chi connectivity index (χ1) is 12.0. The van der Waals surface area contributed by atoms with E-state index in [1.807, 2.05) is 30.3 Å². The third-order valence-electron chi connectivity index (χ3n) is 3.90. The van der Waals surface area contributed by atoms with Gasteiger partial charge in [-0.1, -0.05) is 19.1 Å². The van der Waals surface area contributed by atoms with Crippen LogP contribution in [-0.4, -0.2) is 23.4 Å². The standard InChI is InChI=1S/C18H20N4O3/c1-4-13-5-7-14(8-6-13)20-21-16-12(2)15(11-19)17(23)22(18(16)24)9-10-25-3/h5-8,23H,4,9-10H2,1-3H3. The molecule has 1 aromatic heterocycles. The molecule has 0 aliphatic carbocycles. The summed E-state index contributed by atoms with van der Waals surface area (Å²) in [7, 11) is 1.49. The van der Waals surface area contributed by atoms with E-state index in [4.69, 9.17) is 4.74 Å². The molecule has 0 unspecified atom stereocenters. The van der Waals surface area contributed by atoms with E-state index in [0.717, 1.165) is 11.0 Å². The molecule has 7 heteroatoms. The molecule has 2 aromatic rings. The summed E-state index contributed by atoms with van der Waals surface area (Å²) in [4.78, 5) is 12.6. The molecule has 0 aliphatic heterocycles. The van der Waals surface area contributed by atoms with Crippen LogP contribution in [0.5, 0.6) is 5.88 Å². The second-order valence-corrected chi connectivity index (χ2v) is 5.45. The van der Waals surface area contributed by atoms with Gasteiger partial charge >= 0.3 is 0 Å². The molecule has 1 heterocycles. The average Bonchev–Trinajstić information content (AvgIpc) is 2.62. The van der Waals surface area contributed by atoms with Crippen molar-refractivity contribution in [3.05, 3.63) is 51.3 Å². The molecule has 0 spiro atoms. The largest absolute Gasteiger partial charge is 0.493 e. The third kappa shape index (κ3) is 3.92. The SMILES string of the molecule is CCc1ccc(N=Nc2c(C)c(C#N)c(O)n(CCOC)c2=O)cc1. The van der Waals surface area contributed by atoms with Gasteiger partial charge in [0.1, 0.15) is 11.6 Å². The van der Waals surface area contributed by atoms with E-state index in [9.17, 15) is 15.2 Å². The fraction of sp³-hybridized carbons (Fsp3) is 0.333. The van der Waals surface area contributed by atoms with Crippen LogP contribution in [0.3, 0.4) is 0 Å². The number of aromatic hydroxyl groups is 1. The van der Waals surface area contributed by atoms with Crippen LogP contribution in [0.15, 0.2) is 39.3 Å². The monoisotopic (exact) mass is 340 g/mol. The van der Waals surface area contributed by atoms with Gasteiger partial charge in [-0.25, -0.2) is 0 Å². The minimum Gasteiger partial charge on any atom is -0.493 e. The van der Waals surface area contributed by atoms with E-state index in [2.05, 4.69) is 17.2 Å². The van der Waals surface area contributed by atoms with Crippen LogP contribution in [-0.2, 0) is 17.7 Å². The Morgan fingerprint density at radius 3 is 2.52 bits per heavy atom. The highest BCUT2D eigenvalue weighted by Crippen LogP contribution is 2.26. The van der Waals surface area contributed by atoms with Crippen LogP contribution >= 0.6 is 0 Å². The Kier molecular flexibility index (Phi) is 6.03. The molecule has 0 bridgehead atoms. The van der Waals surface area contributed by atoms with Crippen LogP contribution in [0.1, 0.15) is 23.6 Å². The van der Waals surface area contributed by atoms with Crippen molar-refractivity contribution in [2.24, 2.45) is 10.2 Å². The number of pyridine rings is 1. The Morgan fingerprint density at radius 2 is 1.96 bits per heavy atom. The van der Waals surface area contributed by atoms with Crippen molar-refractivity contribution in [1.82, 2.24) is 4.57 Å². The molecule has 0 aliphatic rings. The first-order valence-corrected chi connectivity index (χ1v) is 7.89. The molecule has 0 fully saturated rings. The zero-order chi connectivity index (χ0) is 18.4. The van der Waals surface area contributed by atoms with Gasteiger partial charge in [-0.05, 0) is 31.0 Å². The van der Waals surface area contributed by atoms with E-state index in [1.54, 1.807) is 6.92 Å². The maximum Gasteiger partial charge on any atom is 0.281 e. The quantitative estimate of drug-likeness (QED) is 0.815. The number of nitrogens with zero attached hydrogens (tertiary/aromatic N) is 4. The molecule has 25 heavy (non-hydrogen) atoms. The van der Waals surface area contributed by atoms with Crippen molar-refractivity contribution in [3.8, 4) is 11.9 Å². The lowest BCUT2D eigenvalue weighted by Crippen LogP contribution is -2.23. The Labute approximate surface area is 145 Å². The number of methoxy groups -OCH3 is 1. The number of azo groups is 1. The van der Waals surface area contributed by atoms with Gasteiger partial charge in [0.2, 0.25) is 5.88 Å². The van der Waals surface area contributed by atoms with Crippen molar-refractivity contribution < 1.29 is 9.84 Å². The highest BCUT2D eigenvalue weighted by Gasteiger charge is 2.18. The van der Waals surface area contributed by atoms with Gasteiger partial charge in [-0.15, -0.1) is 5.11 Å². The topological polar surface area (TPSA) is 100.0 Å². The zero-order valence-corrected chi connectivity index (χ0v) is 14.5. The molecule has 0 saturated heterocycles. The van der Waals surface area contributed by atoms with Crippen molar-refractivity contribution in [2.75, 3.05) is 13.7 Å². The summed E-state index contributed by atoms with van der Waals surface area (Å²) in [6.07, 6.45) is 0.921. The summed E-state index contributed by atoms with van der Waals surface area (Å²) >= 11 is 0. The molecule has 7 nitrogen and oxygen atoms in total. The van der Waals surface area contributed by atoms with Crippen LogP contribution < -0.4 is 5.56 Å². The number of hydrogen-bond acceptors (Lipinski definition) is 6. The Bertz CT molecular complexity index is 877. The molecule has 0 saturated carbocycles. The Hall–Kier alpha value is -2.98. The minimum absolute atomic E-state index is 0.00554. The lowest BCUT2D eigenvalue weighted by Gasteiger charge is -2.12. The van der Waals surface area contributed by atoms with Crippen LogP contribution in [0.25, 0.3) is 0 Å². The summed E-state index contributed by atoms with van der Waals surface area (Å²) in [6.45, 7) is 3.96. The number of ether oxygens (including phenoxy) is 1. The van der Waals surface area contributed by atoms with E-state index in [0.29, 0.717) is 11.3 Å². The maximum absolute atomic E-state index is 12.6. The van der Waals surface area contributed by atoms with Gasteiger partial charge in [0, 0.05) is 12.7 Å². The van der Waals surface area contributed by atoms with Crippen molar-refractivity contribution in [2.45, 2.75) is 26.8 Å². The van der Waals surface area contributed by atoms with E-state index in [1.165, 1.54) is 12.7 Å². The number of benzene rings is 1. The number of aryl methyl sites for hydroxylation is 1. The fourth-order valence-corrected chi connectivity index (χ4v) is 2.35. The van der Waals surface area contributed by atoms with Crippen LogP contribution in [0.4, 0.5) is 11.4 Å². The lowest BCUT2D eigenvalue weighted by atomic mass is 10.1. The summed E-state index contributed by atoms with van der Waals surface area (Å²) in [5.74, 6) is -0.381. The maximum atomic E-state index is 12.6. The molecular formula is C18H20N4O3. The predicted octanol–water partition coefficient (Wildman–Crippen LogP) is 3.36. The summed E-state index contributed by atoms with van der Waals surface area (Å²) in [6, 6.07) is 9.41. The molecule has 0 atom stereocenters. The van der Waals surface area contributed by atoms with Crippen LogP contribution in [0.2, 0.25) is 0 Å². The summed E-state index contributed by atoms with van der Waals surface area (Å²) in [5, 5.41) is 27.6. The number of hydrogen-bond donors (Lipinski definition) is 1. The molecule has 1 N–H and O–H groups in total. The Morgan fingerprint density at radius 1 is 1.28 bits per heavy atom. The van der Waals surface area contributed by atoms with E-state index in [-0.39, 0.29) is 30.3 Å². The molecule has 130 valence electrons. The molecule has 0 radical (unpaired) electrons. The van der Waals surface area contributed by atoms with Gasteiger partial charge in [-0.3, -0.25) is 9.36 Å². The van der Waals surface area contributed by atoms with Crippen molar-refractivity contribution in [3.63, 3.8) is 0 Å². The van der Waals surface area contributed by atoms with Gasteiger partial charge in [0.05, 0.1) is 18.8 Å². The first kappa shape index (κ1) is 18.4. The third-order valence-corrected chi connectivity index (χ3v) is 3.90.